The van der Waals surface area contributed by atoms with E-state index in [1.165, 1.54) is 128 Å². The van der Waals surface area contributed by atoms with E-state index in [0.29, 0.717) is 18.0 Å². The second-order valence-electron chi connectivity index (χ2n) is 17.8. The standard InChI is InChI=1S/C24H46O3.C19H36O.C5H10O2/c1-6-7-8-9-10-13-16-19-22(27-23(26)24(3,4)5)20-17-14-11-12-15-18-21(2)25;1-3-4-5-6-7-8-9-10-11-12-13-14-15-16-17-18-19(2)20;1-5(2,3)4(6)7/h22H,6-20H2,1-5H3;10-11H,3-9,12-18H2,1-2H3;1-3H3,(H,6,7)/b;11-10+;. The number of carboxylic acid groups (broad SMARTS) is 1. The third-order valence-corrected chi connectivity index (χ3v) is 9.50. The first-order valence-corrected chi connectivity index (χ1v) is 22.6. The van der Waals surface area contributed by atoms with E-state index in [0.717, 1.165) is 51.4 Å². The Bertz CT molecular complexity index is 907. The molecule has 0 spiro atoms. The van der Waals surface area contributed by atoms with Crippen LogP contribution in [0.3, 0.4) is 0 Å². The highest BCUT2D eigenvalue weighted by Crippen LogP contribution is 2.22. The number of ketones is 2. The van der Waals surface area contributed by atoms with Gasteiger partial charge in [-0.1, -0.05) is 135 Å². The van der Waals surface area contributed by atoms with Crippen molar-refractivity contribution < 1.29 is 29.0 Å². The third kappa shape index (κ3) is 48.0. The molecule has 1 N–H and O–H groups in total. The van der Waals surface area contributed by atoms with Gasteiger partial charge in [-0.15, -0.1) is 0 Å². The maximum absolute atomic E-state index is 12.3. The van der Waals surface area contributed by atoms with Crippen molar-refractivity contribution in [3.8, 4) is 0 Å². The van der Waals surface area contributed by atoms with Gasteiger partial charge < -0.3 is 19.4 Å². The first-order valence-electron chi connectivity index (χ1n) is 22.6. The van der Waals surface area contributed by atoms with Gasteiger partial charge in [-0.25, -0.2) is 0 Å². The quantitative estimate of drug-likeness (QED) is 0.0416. The van der Waals surface area contributed by atoms with Crippen molar-refractivity contribution in [3.63, 3.8) is 0 Å². The van der Waals surface area contributed by atoms with E-state index >= 15 is 0 Å². The summed E-state index contributed by atoms with van der Waals surface area (Å²) in [6.45, 7) is 18.6. The van der Waals surface area contributed by atoms with Crippen LogP contribution in [0.1, 0.15) is 255 Å². The van der Waals surface area contributed by atoms with Gasteiger partial charge in [0.05, 0.1) is 10.8 Å². The number of hydrogen-bond acceptors (Lipinski definition) is 5. The van der Waals surface area contributed by atoms with E-state index in [1.54, 1.807) is 34.6 Å². The van der Waals surface area contributed by atoms with E-state index in [-0.39, 0.29) is 12.1 Å². The molecule has 0 aliphatic carbocycles. The Labute approximate surface area is 336 Å². The number of unbranched alkanes of at least 4 members (excludes halogenated alkanes) is 21. The van der Waals surface area contributed by atoms with Gasteiger partial charge in [-0.05, 0) is 120 Å². The van der Waals surface area contributed by atoms with E-state index in [1.807, 2.05) is 20.8 Å². The number of carbonyl (C=O) groups is 4. The van der Waals surface area contributed by atoms with Gasteiger partial charge in [-0.3, -0.25) is 9.59 Å². The summed E-state index contributed by atoms with van der Waals surface area (Å²) >= 11 is 0. The molecule has 0 rings (SSSR count). The lowest BCUT2D eigenvalue weighted by Crippen LogP contribution is -2.28. The molecule has 0 bridgehead atoms. The minimum Gasteiger partial charge on any atom is -0.481 e. The fourth-order valence-electron chi connectivity index (χ4n) is 5.64. The van der Waals surface area contributed by atoms with Crippen molar-refractivity contribution in [2.24, 2.45) is 10.8 Å². The highest BCUT2D eigenvalue weighted by Gasteiger charge is 2.26. The van der Waals surface area contributed by atoms with Crippen molar-refractivity contribution in [2.45, 2.75) is 262 Å². The molecule has 0 saturated heterocycles. The van der Waals surface area contributed by atoms with Crippen molar-refractivity contribution in [2.75, 3.05) is 0 Å². The molecule has 0 aliphatic rings. The number of hydrogen-bond donors (Lipinski definition) is 1. The molecule has 0 saturated carbocycles. The number of esters is 1. The minimum atomic E-state index is -0.757. The topological polar surface area (TPSA) is 97.7 Å². The van der Waals surface area contributed by atoms with Gasteiger partial charge in [0.15, 0.2) is 0 Å². The fraction of sp³-hybridized carbons (Fsp3) is 0.875. The second-order valence-corrected chi connectivity index (χ2v) is 17.8. The molecular formula is C48H92O6. The molecule has 6 nitrogen and oxygen atoms in total. The van der Waals surface area contributed by atoms with Crippen LogP contribution in [0.4, 0.5) is 0 Å². The Kier molecular flexibility index (Phi) is 41.0. The number of allylic oxidation sites excluding steroid dienone is 2. The zero-order valence-corrected chi connectivity index (χ0v) is 37.7. The van der Waals surface area contributed by atoms with E-state index in [4.69, 9.17) is 9.84 Å². The summed E-state index contributed by atoms with van der Waals surface area (Å²) in [5.74, 6) is -0.203. The van der Waals surface area contributed by atoms with Crippen molar-refractivity contribution in [1.82, 2.24) is 0 Å². The van der Waals surface area contributed by atoms with Crippen LogP contribution >= 0.6 is 0 Å². The Morgan fingerprint density at radius 3 is 1.07 bits per heavy atom. The number of Topliss-reactive ketones (excluding diaryl/α,β-unsaturated/α-hetero) is 2. The van der Waals surface area contributed by atoms with Crippen LogP contribution in [-0.2, 0) is 23.9 Å². The summed E-state index contributed by atoms with van der Waals surface area (Å²) < 4.78 is 5.84. The summed E-state index contributed by atoms with van der Waals surface area (Å²) in [6, 6.07) is 0. The van der Waals surface area contributed by atoms with Crippen molar-refractivity contribution >= 4 is 23.5 Å². The van der Waals surface area contributed by atoms with Gasteiger partial charge in [-0.2, -0.15) is 0 Å². The number of carbonyl (C=O) groups excluding carboxylic acids is 3. The second kappa shape index (κ2) is 39.3. The average molecular weight is 765 g/mol. The SMILES string of the molecule is CC(C)(C)C(=O)O.CCCCCCCC/C=C/CCCCCCCC(C)=O.CCCCCCCCCC(CCCCCCCC(C)=O)OC(=O)C(C)(C)C. The van der Waals surface area contributed by atoms with E-state index < -0.39 is 16.8 Å². The van der Waals surface area contributed by atoms with Crippen molar-refractivity contribution in [1.29, 1.82) is 0 Å². The summed E-state index contributed by atoms with van der Waals surface area (Å²) in [6.07, 6.45) is 40.0. The third-order valence-electron chi connectivity index (χ3n) is 9.50. The summed E-state index contributed by atoms with van der Waals surface area (Å²) in [5.41, 5.74) is -1.01. The first-order chi connectivity index (χ1) is 25.5. The van der Waals surface area contributed by atoms with Crippen LogP contribution in [0.5, 0.6) is 0 Å². The maximum Gasteiger partial charge on any atom is 0.311 e. The maximum atomic E-state index is 12.3. The van der Waals surface area contributed by atoms with Crippen LogP contribution in [0.25, 0.3) is 0 Å². The Morgan fingerprint density at radius 2 is 0.778 bits per heavy atom. The normalized spacial score (nSPS) is 12.0. The van der Waals surface area contributed by atoms with E-state index in [2.05, 4.69) is 26.0 Å². The predicted octanol–water partition coefficient (Wildman–Crippen LogP) is 15.1. The van der Waals surface area contributed by atoms with Crippen LogP contribution < -0.4 is 0 Å². The molecular weight excluding hydrogens is 673 g/mol. The van der Waals surface area contributed by atoms with Gasteiger partial charge in [0.25, 0.3) is 0 Å². The minimum absolute atomic E-state index is 0.0723. The Balaban J connectivity index is -0.000000841. The predicted molar refractivity (Wildman–Crippen MR) is 232 cm³/mol. The zero-order valence-electron chi connectivity index (χ0n) is 37.7. The van der Waals surface area contributed by atoms with E-state index in [9.17, 15) is 19.2 Å². The fourth-order valence-corrected chi connectivity index (χ4v) is 5.64. The van der Waals surface area contributed by atoms with Crippen LogP contribution in [0, 0.1) is 10.8 Å². The molecule has 0 fully saturated rings. The van der Waals surface area contributed by atoms with Crippen LogP contribution in [0.15, 0.2) is 12.2 Å². The molecule has 1 unspecified atom stereocenters. The average Bonchev–Trinajstić information content (AvgIpc) is 3.08. The van der Waals surface area contributed by atoms with Gasteiger partial charge >= 0.3 is 11.9 Å². The number of rotatable bonds is 32. The smallest absolute Gasteiger partial charge is 0.311 e. The molecule has 0 aromatic heterocycles. The summed E-state index contributed by atoms with van der Waals surface area (Å²) in [7, 11) is 0. The molecule has 1 atom stereocenters. The lowest BCUT2D eigenvalue weighted by atomic mass is 9.96. The lowest BCUT2D eigenvalue weighted by Gasteiger charge is -2.23. The molecule has 0 heterocycles. The molecule has 54 heavy (non-hydrogen) atoms. The molecule has 0 amide bonds. The number of carboxylic acids is 1. The van der Waals surface area contributed by atoms with Crippen LogP contribution in [-0.4, -0.2) is 34.7 Å². The molecule has 0 aromatic carbocycles. The molecule has 6 heteroatoms. The molecule has 0 aliphatic heterocycles. The highest BCUT2D eigenvalue weighted by molar-refractivity contribution is 5.76. The Hall–Kier alpha value is -1.98. The van der Waals surface area contributed by atoms with Crippen LogP contribution in [0.2, 0.25) is 0 Å². The summed E-state index contributed by atoms with van der Waals surface area (Å²) in [4.78, 5) is 44.0. The molecule has 0 radical (unpaired) electrons. The zero-order chi connectivity index (χ0) is 41.5. The summed E-state index contributed by atoms with van der Waals surface area (Å²) in [5, 5.41) is 8.25. The van der Waals surface area contributed by atoms with Gasteiger partial charge in [0.1, 0.15) is 17.7 Å². The Morgan fingerprint density at radius 1 is 0.481 bits per heavy atom. The number of ether oxygens (including phenoxy) is 1. The van der Waals surface area contributed by atoms with Gasteiger partial charge in [0.2, 0.25) is 0 Å². The first kappa shape index (κ1) is 56.4. The molecule has 0 aromatic rings. The lowest BCUT2D eigenvalue weighted by molar-refractivity contribution is -0.159. The van der Waals surface area contributed by atoms with Gasteiger partial charge in [0, 0.05) is 12.8 Å². The highest BCUT2D eigenvalue weighted by atomic mass is 16.5. The monoisotopic (exact) mass is 765 g/mol. The van der Waals surface area contributed by atoms with Crippen molar-refractivity contribution in [3.05, 3.63) is 12.2 Å². The largest absolute Gasteiger partial charge is 0.481 e. The molecule has 320 valence electrons. The number of aliphatic carboxylic acids is 1.